The predicted octanol–water partition coefficient (Wildman–Crippen LogP) is 2.39. The number of likely N-dealkylation sites (tertiary alicyclic amines) is 1. The number of carbonyl (C=O) groups excluding carboxylic acids is 1. The van der Waals surface area contributed by atoms with Gasteiger partial charge in [0, 0.05) is 44.2 Å². The Morgan fingerprint density at radius 2 is 1.84 bits per heavy atom. The molecule has 0 saturated carbocycles. The standard InChI is InChI=1S/C19H28N2O4.C2HF3O2/c22-18(16-3-9-23-10-4-16)21-7-11-24-15-19(14-21)5-6-20(13-19)12-17-2-1-8-25-17;3-2(4,5)1(6)7/h1-2,8,16H,3-7,9-15H2;(H,6,7). The summed E-state index contributed by atoms with van der Waals surface area (Å²) >= 11 is 0. The first-order valence-corrected chi connectivity index (χ1v) is 10.7. The Balaban J connectivity index is 0.000000360. The highest BCUT2D eigenvalue weighted by molar-refractivity contribution is 5.79. The Labute approximate surface area is 184 Å². The van der Waals surface area contributed by atoms with Crippen molar-refractivity contribution in [2.24, 2.45) is 11.3 Å². The molecule has 1 aromatic heterocycles. The molecule has 1 atom stereocenters. The van der Waals surface area contributed by atoms with Gasteiger partial charge in [-0.3, -0.25) is 9.69 Å². The maximum atomic E-state index is 13.0. The molecule has 0 radical (unpaired) electrons. The minimum atomic E-state index is -5.08. The SMILES string of the molecule is O=C(C1CCOCC1)N1CCOCC2(CCN(Cc3ccco3)C2)C1.O=C(O)C(F)(F)F. The van der Waals surface area contributed by atoms with Crippen molar-refractivity contribution in [3.05, 3.63) is 24.2 Å². The highest BCUT2D eigenvalue weighted by Crippen LogP contribution is 2.35. The highest BCUT2D eigenvalue weighted by atomic mass is 19.4. The Bertz CT molecular complexity index is 751. The predicted molar refractivity (Wildman–Crippen MR) is 106 cm³/mol. The minimum Gasteiger partial charge on any atom is -0.475 e. The van der Waals surface area contributed by atoms with Gasteiger partial charge in [-0.2, -0.15) is 13.2 Å². The fourth-order valence-corrected chi connectivity index (χ4v) is 4.42. The molecule has 1 aromatic rings. The zero-order valence-electron chi connectivity index (χ0n) is 17.8. The normalized spacial score (nSPS) is 25.3. The second-order valence-electron chi connectivity index (χ2n) is 8.54. The van der Waals surface area contributed by atoms with E-state index in [1.165, 1.54) is 0 Å². The van der Waals surface area contributed by atoms with E-state index in [1.807, 2.05) is 12.1 Å². The summed E-state index contributed by atoms with van der Waals surface area (Å²) in [6.07, 6.45) is -0.572. The van der Waals surface area contributed by atoms with Crippen LogP contribution in [0.2, 0.25) is 0 Å². The molecular weight excluding hydrogens is 433 g/mol. The van der Waals surface area contributed by atoms with E-state index in [2.05, 4.69) is 9.80 Å². The number of hydrogen-bond donors (Lipinski definition) is 1. The van der Waals surface area contributed by atoms with Crippen LogP contribution in [0, 0.1) is 11.3 Å². The number of carboxylic acids is 1. The number of rotatable bonds is 3. The topological polar surface area (TPSA) is 92.5 Å². The number of amides is 1. The smallest absolute Gasteiger partial charge is 0.475 e. The highest BCUT2D eigenvalue weighted by Gasteiger charge is 2.43. The number of nitrogens with zero attached hydrogens (tertiary/aromatic N) is 2. The van der Waals surface area contributed by atoms with Gasteiger partial charge in [0.2, 0.25) is 5.91 Å². The van der Waals surface area contributed by atoms with Crippen molar-refractivity contribution >= 4 is 11.9 Å². The first-order valence-electron chi connectivity index (χ1n) is 10.7. The molecule has 32 heavy (non-hydrogen) atoms. The van der Waals surface area contributed by atoms with E-state index in [0.29, 0.717) is 25.7 Å². The molecule has 0 aromatic carbocycles. The van der Waals surface area contributed by atoms with Gasteiger partial charge in [-0.25, -0.2) is 4.79 Å². The molecule has 4 rings (SSSR count). The molecule has 180 valence electrons. The van der Waals surface area contributed by atoms with E-state index in [-0.39, 0.29) is 11.3 Å². The molecule has 4 heterocycles. The summed E-state index contributed by atoms with van der Waals surface area (Å²) in [4.78, 5) is 26.4. The van der Waals surface area contributed by atoms with Crippen molar-refractivity contribution in [3.8, 4) is 0 Å². The molecule has 11 heteroatoms. The first-order chi connectivity index (χ1) is 15.2. The Morgan fingerprint density at radius 1 is 1.12 bits per heavy atom. The number of halogens is 3. The van der Waals surface area contributed by atoms with Crippen molar-refractivity contribution in [1.82, 2.24) is 9.80 Å². The van der Waals surface area contributed by atoms with Gasteiger partial charge < -0.3 is 23.9 Å². The summed E-state index contributed by atoms with van der Waals surface area (Å²) in [5.41, 5.74) is 0.0594. The van der Waals surface area contributed by atoms with Crippen LogP contribution in [0.4, 0.5) is 13.2 Å². The minimum absolute atomic E-state index is 0.0594. The van der Waals surface area contributed by atoms with Crippen LogP contribution in [0.5, 0.6) is 0 Å². The average Bonchev–Trinajstić information content (AvgIpc) is 3.35. The molecule has 3 saturated heterocycles. The van der Waals surface area contributed by atoms with Crippen LogP contribution in [-0.2, 0) is 25.6 Å². The number of furan rings is 1. The molecule has 0 bridgehead atoms. The van der Waals surface area contributed by atoms with E-state index < -0.39 is 12.1 Å². The number of ether oxygens (including phenoxy) is 2. The van der Waals surface area contributed by atoms with Crippen molar-refractivity contribution in [2.75, 3.05) is 52.6 Å². The monoisotopic (exact) mass is 462 g/mol. The first kappa shape index (κ1) is 24.5. The molecule has 1 amide bonds. The van der Waals surface area contributed by atoms with Gasteiger partial charge in [-0.15, -0.1) is 0 Å². The van der Waals surface area contributed by atoms with Gasteiger partial charge in [-0.05, 0) is 37.9 Å². The number of hydrogen-bond acceptors (Lipinski definition) is 6. The fourth-order valence-electron chi connectivity index (χ4n) is 4.42. The number of alkyl halides is 3. The fraction of sp³-hybridized carbons (Fsp3) is 0.714. The summed E-state index contributed by atoms with van der Waals surface area (Å²) in [5.74, 6) is -1.32. The molecular formula is C21H29F3N2O6. The molecule has 1 spiro atoms. The summed E-state index contributed by atoms with van der Waals surface area (Å²) in [7, 11) is 0. The third-order valence-corrected chi connectivity index (χ3v) is 6.04. The van der Waals surface area contributed by atoms with E-state index in [4.69, 9.17) is 23.8 Å². The van der Waals surface area contributed by atoms with Crippen LogP contribution >= 0.6 is 0 Å². The third-order valence-electron chi connectivity index (χ3n) is 6.04. The van der Waals surface area contributed by atoms with Crippen molar-refractivity contribution < 1.29 is 41.8 Å². The van der Waals surface area contributed by atoms with Crippen LogP contribution in [-0.4, -0.2) is 85.6 Å². The second kappa shape index (κ2) is 10.7. The van der Waals surface area contributed by atoms with E-state index in [9.17, 15) is 18.0 Å². The molecule has 3 aliphatic rings. The van der Waals surface area contributed by atoms with Crippen LogP contribution in [0.15, 0.2) is 22.8 Å². The van der Waals surface area contributed by atoms with Gasteiger partial charge >= 0.3 is 12.1 Å². The van der Waals surface area contributed by atoms with Gasteiger partial charge in [0.25, 0.3) is 0 Å². The Kier molecular flexibility index (Phi) is 8.18. The van der Waals surface area contributed by atoms with Crippen LogP contribution in [0.25, 0.3) is 0 Å². The van der Waals surface area contributed by atoms with Crippen LogP contribution < -0.4 is 0 Å². The molecule has 3 aliphatic heterocycles. The zero-order chi connectivity index (χ0) is 23.2. The largest absolute Gasteiger partial charge is 0.490 e. The Morgan fingerprint density at radius 3 is 2.47 bits per heavy atom. The van der Waals surface area contributed by atoms with E-state index in [0.717, 1.165) is 64.4 Å². The zero-order valence-corrected chi connectivity index (χ0v) is 17.8. The molecule has 0 aliphatic carbocycles. The number of carbonyl (C=O) groups is 2. The average molecular weight is 462 g/mol. The van der Waals surface area contributed by atoms with Gasteiger partial charge in [0.05, 0.1) is 26.0 Å². The second-order valence-corrected chi connectivity index (χ2v) is 8.54. The maximum absolute atomic E-state index is 13.0. The number of aliphatic carboxylic acids is 1. The molecule has 8 nitrogen and oxygen atoms in total. The lowest BCUT2D eigenvalue weighted by atomic mass is 9.87. The summed E-state index contributed by atoms with van der Waals surface area (Å²) in [6, 6.07) is 3.96. The van der Waals surface area contributed by atoms with Crippen molar-refractivity contribution in [2.45, 2.75) is 32.0 Å². The lowest BCUT2D eigenvalue weighted by Crippen LogP contribution is -2.46. The lowest BCUT2D eigenvalue weighted by molar-refractivity contribution is -0.192. The third kappa shape index (κ3) is 6.69. The molecule has 3 fully saturated rings. The Hall–Kier alpha value is -2.11. The summed E-state index contributed by atoms with van der Waals surface area (Å²) < 4.78 is 48.5. The van der Waals surface area contributed by atoms with Crippen molar-refractivity contribution in [1.29, 1.82) is 0 Å². The molecule has 1 unspecified atom stereocenters. The quantitative estimate of drug-likeness (QED) is 0.738. The van der Waals surface area contributed by atoms with Gasteiger partial charge in [-0.1, -0.05) is 0 Å². The molecule has 1 N–H and O–H groups in total. The van der Waals surface area contributed by atoms with Crippen LogP contribution in [0.3, 0.4) is 0 Å². The lowest BCUT2D eigenvalue weighted by Gasteiger charge is -2.34. The maximum Gasteiger partial charge on any atom is 0.490 e. The van der Waals surface area contributed by atoms with Gasteiger partial charge in [0.15, 0.2) is 0 Å². The van der Waals surface area contributed by atoms with E-state index >= 15 is 0 Å². The van der Waals surface area contributed by atoms with Crippen LogP contribution in [0.1, 0.15) is 25.0 Å². The van der Waals surface area contributed by atoms with Gasteiger partial charge in [0.1, 0.15) is 5.76 Å². The summed E-state index contributed by atoms with van der Waals surface area (Å²) in [5, 5.41) is 7.12. The van der Waals surface area contributed by atoms with Crippen molar-refractivity contribution in [3.63, 3.8) is 0 Å². The summed E-state index contributed by atoms with van der Waals surface area (Å²) in [6.45, 7) is 7.19. The number of carboxylic acid groups (broad SMARTS) is 1. The van der Waals surface area contributed by atoms with E-state index in [1.54, 1.807) is 6.26 Å².